The first-order valence-corrected chi connectivity index (χ1v) is 12.0. The SMILES string of the molecule is O=C1c2ccc(O)cc2OC(c2ccc(O)cc2)C1C1C(=O)c2ccc(O)cc2OC1c1ccc(O)cc1. The fourth-order valence-corrected chi connectivity index (χ4v) is 5.26. The number of aromatic hydroxyl groups is 4. The second kappa shape index (κ2) is 8.85. The van der Waals surface area contributed by atoms with Gasteiger partial charge in [-0.15, -0.1) is 0 Å². The molecule has 0 aliphatic carbocycles. The maximum atomic E-state index is 14.1. The summed E-state index contributed by atoms with van der Waals surface area (Å²) < 4.78 is 12.6. The number of hydrogen-bond donors (Lipinski definition) is 4. The van der Waals surface area contributed by atoms with Crippen molar-refractivity contribution in [2.75, 3.05) is 0 Å². The molecule has 0 aromatic heterocycles. The highest BCUT2D eigenvalue weighted by atomic mass is 16.5. The first-order valence-electron chi connectivity index (χ1n) is 12.0. The number of fused-ring (bicyclic) bond motifs is 2. The van der Waals surface area contributed by atoms with Crippen LogP contribution in [-0.4, -0.2) is 32.0 Å². The van der Waals surface area contributed by atoms with Crippen LogP contribution in [0.5, 0.6) is 34.5 Å². The van der Waals surface area contributed by atoms with Gasteiger partial charge in [-0.1, -0.05) is 24.3 Å². The number of carbonyl (C=O) groups excluding carboxylic acids is 2. The van der Waals surface area contributed by atoms with E-state index in [0.29, 0.717) is 11.1 Å². The molecule has 190 valence electrons. The molecule has 8 nitrogen and oxygen atoms in total. The van der Waals surface area contributed by atoms with Crippen LogP contribution in [0.1, 0.15) is 44.1 Å². The van der Waals surface area contributed by atoms with Crippen molar-refractivity contribution in [1.82, 2.24) is 0 Å². The van der Waals surface area contributed by atoms with Crippen molar-refractivity contribution in [1.29, 1.82) is 0 Å². The van der Waals surface area contributed by atoms with Gasteiger partial charge in [-0.05, 0) is 59.7 Å². The molecule has 0 saturated heterocycles. The van der Waals surface area contributed by atoms with Gasteiger partial charge in [-0.3, -0.25) is 9.59 Å². The summed E-state index contributed by atoms with van der Waals surface area (Å²) in [6.45, 7) is 0. The fourth-order valence-electron chi connectivity index (χ4n) is 5.26. The van der Waals surface area contributed by atoms with E-state index in [1.54, 1.807) is 24.3 Å². The highest BCUT2D eigenvalue weighted by Gasteiger charge is 2.52. The summed E-state index contributed by atoms with van der Waals surface area (Å²) in [6, 6.07) is 20.7. The largest absolute Gasteiger partial charge is 0.508 e. The van der Waals surface area contributed by atoms with E-state index in [9.17, 15) is 30.0 Å². The first-order chi connectivity index (χ1) is 18.3. The number of ether oxygens (including phenoxy) is 2. The summed E-state index contributed by atoms with van der Waals surface area (Å²) in [5, 5.41) is 39.8. The molecule has 6 rings (SSSR count). The van der Waals surface area contributed by atoms with Gasteiger partial charge >= 0.3 is 0 Å². The number of Topliss-reactive ketones (excluding diaryl/α,β-unsaturated/α-hetero) is 2. The Bertz CT molecular complexity index is 1440. The van der Waals surface area contributed by atoms with Gasteiger partial charge in [0.05, 0.1) is 23.0 Å². The highest BCUT2D eigenvalue weighted by molar-refractivity contribution is 6.09. The van der Waals surface area contributed by atoms with E-state index in [-0.39, 0.29) is 57.2 Å². The van der Waals surface area contributed by atoms with Crippen molar-refractivity contribution >= 4 is 11.6 Å². The molecular formula is C30H22O8. The molecule has 2 aliphatic rings. The third-order valence-corrected chi connectivity index (χ3v) is 7.06. The molecule has 0 fully saturated rings. The van der Waals surface area contributed by atoms with Gasteiger partial charge in [0.2, 0.25) is 0 Å². The third-order valence-electron chi connectivity index (χ3n) is 7.06. The van der Waals surface area contributed by atoms with E-state index >= 15 is 0 Å². The monoisotopic (exact) mass is 510 g/mol. The summed E-state index contributed by atoms with van der Waals surface area (Å²) >= 11 is 0. The maximum Gasteiger partial charge on any atom is 0.174 e. The minimum absolute atomic E-state index is 0.0262. The van der Waals surface area contributed by atoms with Crippen LogP contribution < -0.4 is 9.47 Å². The van der Waals surface area contributed by atoms with E-state index in [0.717, 1.165) is 0 Å². The quantitative estimate of drug-likeness (QED) is 0.300. The Morgan fingerprint density at radius 1 is 0.474 bits per heavy atom. The number of benzene rings is 4. The normalized spacial score (nSPS) is 22.1. The molecule has 4 atom stereocenters. The molecule has 38 heavy (non-hydrogen) atoms. The molecule has 4 N–H and O–H groups in total. The fraction of sp³-hybridized carbons (Fsp3) is 0.133. The van der Waals surface area contributed by atoms with Crippen molar-refractivity contribution in [3.63, 3.8) is 0 Å². The second-order valence-electron chi connectivity index (χ2n) is 9.40. The smallest absolute Gasteiger partial charge is 0.174 e. The summed E-state index contributed by atoms with van der Waals surface area (Å²) in [5.74, 6) is -2.57. The van der Waals surface area contributed by atoms with Crippen molar-refractivity contribution in [2.24, 2.45) is 11.8 Å². The van der Waals surface area contributed by atoms with Gasteiger partial charge in [0.1, 0.15) is 46.7 Å². The van der Waals surface area contributed by atoms with Crippen LogP contribution >= 0.6 is 0 Å². The second-order valence-corrected chi connectivity index (χ2v) is 9.40. The molecule has 0 radical (unpaired) electrons. The summed E-state index contributed by atoms with van der Waals surface area (Å²) in [5.41, 5.74) is 1.53. The molecule has 4 aromatic carbocycles. The lowest BCUT2D eigenvalue weighted by Crippen LogP contribution is -2.45. The summed E-state index contributed by atoms with van der Waals surface area (Å²) in [4.78, 5) is 28.2. The Labute approximate surface area is 217 Å². The molecule has 2 aliphatic heterocycles. The zero-order valence-corrected chi connectivity index (χ0v) is 19.8. The van der Waals surface area contributed by atoms with E-state index in [1.165, 1.54) is 60.7 Å². The van der Waals surface area contributed by atoms with E-state index in [1.807, 2.05) is 0 Å². The van der Waals surface area contributed by atoms with Crippen LogP contribution in [0.2, 0.25) is 0 Å². The van der Waals surface area contributed by atoms with Gasteiger partial charge in [0.15, 0.2) is 11.6 Å². The molecule has 0 bridgehead atoms. The zero-order valence-electron chi connectivity index (χ0n) is 19.8. The molecule has 0 spiro atoms. The standard InChI is InChI=1S/C30H22O8/c31-17-5-1-15(2-6-17)29-25(27(35)21-11-9-19(33)13-23(21)37-29)26-28(36)22-12-10-20(34)14-24(22)38-30(26)16-3-7-18(32)8-4-16/h1-14,25-26,29-34H. The topological polar surface area (TPSA) is 134 Å². The predicted octanol–water partition coefficient (Wildman–Crippen LogP) is 5.07. The molecule has 0 amide bonds. The Morgan fingerprint density at radius 2 is 0.816 bits per heavy atom. The molecule has 8 heteroatoms. The average Bonchev–Trinajstić information content (AvgIpc) is 2.90. The number of ketones is 2. The van der Waals surface area contributed by atoms with Gasteiger partial charge in [-0.25, -0.2) is 0 Å². The van der Waals surface area contributed by atoms with Gasteiger partial charge < -0.3 is 29.9 Å². The third kappa shape index (κ3) is 3.87. The lowest BCUT2D eigenvalue weighted by molar-refractivity contribution is 0.0135. The molecule has 0 saturated carbocycles. The van der Waals surface area contributed by atoms with E-state index in [2.05, 4.69) is 0 Å². The minimum Gasteiger partial charge on any atom is -0.508 e. The number of phenolic OH excluding ortho intramolecular Hbond substituents is 4. The van der Waals surface area contributed by atoms with Crippen molar-refractivity contribution in [3.05, 3.63) is 107 Å². The van der Waals surface area contributed by atoms with Crippen LogP contribution in [0.15, 0.2) is 84.9 Å². The molecule has 2 heterocycles. The van der Waals surface area contributed by atoms with Gasteiger partial charge in [-0.2, -0.15) is 0 Å². The highest BCUT2D eigenvalue weighted by Crippen LogP contribution is 2.51. The summed E-state index contributed by atoms with van der Waals surface area (Å²) in [7, 11) is 0. The van der Waals surface area contributed by atoms with Crippen LogP contribution in [0.3, 0.4) is 0 Å². The van der Waals surface area contributed by atoms with Crippen molar-refractivity contribution in [3.8, 4) is 34.5 Å². The first kappa shape index (κ1) is 23.4. The van der Waals surface area contributed by atoms with Crippen LogP contribution in [0.4, 0.5) is 0 Å². The van der Waals surface area contributed by atoms with Crippen molar-refractivity contribution in [2.45, 2.75) is 12.2 Å². The van der Waals surface area contributed by atoms with Gasteiger partial charge in [0.25, 0.3) is 0 Å². The van der Waals surface area contributed by atoms with Crippen LogP contribution in [0, 0.1) is 11.8 Å². The number of hydrogen-bond acceptors (Lipinski definition) is 8. The molecule has 4 unspecified atom stereocenters. The molecule has 4 aromatic rings. The van der Waals surface area contributed by atoms with E-state index < -0.39 is 24.0 Å². The maximum absolute atomic E-state index is 14.1. The Balaban J connectivity index is 1.55. The minimum atomic E-state index is -1.05. The Morgan fingerprint density at radius 3 is 1.18 bits per heavy atom. The van der Waals surface area contributed by atoms with E-state index in [4.69, 9.17) is 9.47 Å². The zero-order chi connectivity index (χ0) is 26.6. The number of rotatable bonds is 3. The lowest BCUT2D eigenvalue weighted by Gasteiger charge is -2.42. The number of carbonyl (C=O) groups is 2. The Hall–Kier alpha value is -4.98. The van der Waals surface area contributed by atoms with Crippen LogP contribution in [0.25, 0.3) is 0 Å². The Kier molecular flexibility index (Phi) is 5.45. The lowest BCUT2D eigenvalue weighted by atomic mass is 9.70. The van der Waals surface area contributed by atoms with Gasteiger partial charge in [0, 0.05) is 12.1 Å². The van der Waals surface area contributed by atoms with Crippen LogP contribution in [-0.2, 0) is 0 Å². The molecular weight excluding hydrogens is 488 g/mol. The van der Waals surface area contributed by atoms with Crippen molar-refractivity contribution < 1.29 is 39.5 Å². The average molecular weight is 510 g/mol. The number of phenols is 4. The summed E-state index contributed by atoms with van der Waals surface area (Å²) in [6.07, 6.45) is -1.90. The predicted molar refractivity (Wildman–Crippen MR) is 135 cm³/mol.